The highest BCUT2D eigenvalue weighted by atomic mass is 35.5. The van der Waals surface area contributed by atoms with Gasteiger partial charge < -0.3 is 29.0 Å². The zero-order valence-electron chi connectivity index (χ0n) is 22.8. The predicted molar refractivity (Wildman–Crippen MR) is 144 cm³/mol. The minimum Gasteiger partial charge on any atom is -0.495 e. The Morgan fingerprint density at radius 3 is 2.61 bits per heavy atom. The number of carbonyl (C=O) groups is 2. The molecule has 4 aliphatic rings. The summed E-state index contributed by atoms with van der Waals surface area (Å²) < 4.78 is 23.0. The van der Waals surface area contributed by atoms with Crippen molar-refractivity contribution in [3.8, 4) is 5.75 Å². The molecule has 2 amide bonds. The molecule has 2 saturated heterocycles. The number of fused-ring (bicyclic) bond motifs is 6. The maximum absolute atomic E-state index is 13.2. The Hall–Kier alpha value is -2.59. The number of benzene rings is 1. The fraction of sp³-hybridized carbons (Fsp3) is 0.571. The van der Waals surface area contributed by atoms with Gasteiger partial charge in [0.2, 0.25) is 5.91 Å². The molecule has 2 N–H and O–H groups in total. The van der Waals surface area contributed by atoms with Crippen molar-refractivity contribution in [2.24, 2.45) is 0 Å². The van der Waals surface area contributed by atoms with Gasteiger partial charge in [0.05, 0.1) is 18.4 Å². The molecule has 6 bridgehead atoms. The number of anilines is 1. The molecule has 0 saturated carbocycles. The molecule has 208 valence electrons. The van der Waals surface area contributed by atoms with Gasteiger partial charge in [0.25, 0.3) is 0 Å². The summed E-state index contributed by atoms with van der Waals surface area (Å²) in [6.07, 6.45) is 5.02. The Balaban J connectivity index is 1.72. The second kappa shape index (κ2) is 10.5. The summed E-state index contributed by atoms with van der Waals surface area (Å²) in [6.45, 7) is 5.76. The number of rotatable bonds is 2. The van der Waals surface area contributed by atoms with Gasteiger partial charge in [-0.1, -0.05) is 35.4 Å². The van der Waals surface area contributed by atoms with E-state index in [1.807, 2.05) is 39.0 Å². The van der Waals surface area contributed by atoms with Crippen molar-refractivity contribution >= 4 is 29.3 Å². The van der Waals surface area contributed by atoms with Crippen LogP contribution in [0.4, 0.5) is 10.5 Å². The number of methoxy groups -OCH3 is 2. The highest BCUT2D eigenvalue weighted by molar-refractivity contribution is 6.35. The van der Waals surface area contributed by atoms with Crippen LogP contribution in [0.1, 0.15) is 52.0 Å². The van der Waals surface area contributed by atoms with Crippen LogP contribution in [-0.4, -0.2) is 67.5 Å². The average molecular weight is 549 g/mol. The summed E-state index contributed by atoms with van der Waals surface area (Å²) in [7, 11) is 4.72. The van der Waals surface area contributed by atoms with Crippen molar-refractivity contribution < 1.29 is 33.6 Å². The normalized spacial score (nSPS) is 36.3. The number of hydrogen-bond acceptors (Lipinski definition) is 7. The molecule has 38 heavy (non-hydrogen) atoms. The lowest BCUT2D eigenvalue weighted by molar-refractivity contribution is -0.305. The molecule has 1 aromatic rings. The van der Waals surface area contributed by atoms with Gasteiger partial charge in [-0.2, -0.15) is 0 Å². The Labute approximate surface area is 228 Å². The highest BCUT2D eigenvalue weighted by Crippen LogP contribution is 2.49. The lowest BCUT2D eigenvalue weighted by Crippen LogP contribution is -2.70. The van der Waals surface area contributed by atoms with E-state index in [-0.39, 0.29) is 18.7 Å². The fourth-order valence-electron chi connectivity index (χ4n) is 5.80. The van der Waals surface area contributed by atoms with E-state index in [0.29, 0.717) is 35.7 Å². The SMILES string of the molecule is COc1cc2cc(c1Cl)N(C)C(=O)CC[C@@]1(C)C[C@@](C)(O1)[C@@H]1C[C@@](O)(NC(=O)O1)[C@H](OC)/C=C/C=C(\C)C2. The molecule has 2 fully saturated rings. The molecule has 5 rings (SSSR count). The van der Waals surface area contributed by atoms with E-state index in [9.17, 15) is 14.7 Å². The first-order chi connectivity index (χ1) is 17.8. The number of carbonyl (C=O) groups excluding carboxylic acids is 2. The van der Waals surface area contributed by atoms with Gasteiger partial charge in [-0.3, -0.25) is 10.1 Å². The molecule has 4 aliphatic heterocycles. The van der Waals surface area contributed by atoms with E-state index < -0.39 is 35.2 Å². The minimum absolute atomic E-state index is 0.0721. The van der Waals surface area contributed by atoms with Crippen molar-refractivity contribution in [3.63, 3.8) is 0 Å². The van der Waals surface area contributed by atoms with E-state index in [2.05, 4.69) is 5.32 Å². The van der Waals surface area contributed by atoms with Crippen molar-refractivity contribution in [2.75, 3.05) is 26.2 Å². The Morgan fingerprint density at radius 1 is 1.24 bits per heavy atom. The van der Waals surface area contributed by atoms with Crippen LogP contribution in [0, 0.1) is 0 Å². The summed E-state index contributed by atoms with van der Waals surface area (Å²) >= 11 is 6.60. The van der Waals surface area contributed by atoms with E-state index in [0.717, 1.165) is 11.1 Å². The second-order valence-corrected chi connectivity index (χ2v) is 11.4. The van der Waals surface area contributed by atoms with Crippen LogP contribution in [0.5, 0.6) is 5.75 Å². The van der Waals surface area contributed by atoms with E-state index >= 15 is 0 Å². The van der Waals surface area contributed by atoms with Crippen LogP contribution in [-0.2, 0) is 25.4 Å². The fourth-order valence-corrected chi connectivity index (χ4v) is 6.11. The van der Waals surface area contributed by atoms with Crippen LogP contribution in [0.15, 0.2) is 35.9 Å². The number of nitrogens with zero attached hydrogens (tertiary/aromatic N) is 1. The van der Waals surface area contributed by atoms with Crippen molar-refractivity contribution in [3.05, 3.63) is 46.5 Å². The molecule has 1 aromatic carbocycles. The van der Waals surface area contributed by atoms with Crippen LogP contribution < -0.4 is 15.0 Å². The minimum atomic E-state index is -1.69. The summed E-state index contributed by atoms with van der Waals surface area (Å²) in [5.74, 6) is 0.381. The molecule has 4 heterocycles. The quantitative estimate of drug-likeness (QED) is 0.568. The lowest BCUT2D eigenvalue weighted by atomic mass is 9.73. The smallest absolute Gasteiger partial charge is 0.409 e. The first kappa shape index (κ1) is 28.4. The molecule has 0 aromatic heterocycles. The van der Waals surface area contributed by atoms with E-state index in [1.165, 1.54) is 7.11 Å². The van der Waals surface area contributed by atoms with Crippen LogP contribution in [0.25, 0.3) is 0 Å². The van der Waals surface area contributed by atoms with E-state index in [1.54, 1.807) is 31.2 Å². The van der Waals surface area contributed by atoms with Crippen LogP contribution >= 0.6 is 11.6 Å². The molecule has 10 heteroatoms. The van der Waals surface area contributed by atoms with Gasteiger partial charge in [-0.05, 0) is 51.3 Å². The number of ether oxygens (including phenoxy) is 4. The highest BCUT2D eigenvalue weighted by Gasteiger charge is 2.59. The first-order valence-corrected chi connectivity index (χ1v) is 13.1. The standard InChI is InChI=1S/C28H37ClN2O7/c1-17-8-7-9-21(36-6)28(34)15-22(37-25(33)30-28)27(3)16-26(2,38-27)11-10-23(32)31(4)19-13-18(12-17)14-20(35-5)24(19)29/h7-9,13-14,21-22,34H,10-12,15-16H2,1-6H3,(H,30,33)/b9-7+,17-8+/t21-,22+,26+,27-,28+/m1/s1. The molecule has 9 nitrogen and oxygen atoms in total. The summed E-state index contributed by atoms with van der Waals surface area (Å²) in [4.78, 5) is 27.2. The monoisotopic (exact) mass is 548 g/mol. The summed E-state index contributed by atoms with van der Waals surface area (Å²) in [5, 5.41) is 14.3. The maximum Gasteiger partial charge on any atom is 0.409 e. The number of alkyl carbamates (subject to hydrolysis) is 1. The second-order valence-electron chi connectivity index (χ2n) is 11.0. The van der Waals surface area contributed by atoms with Gasteiger partial charge in [-0.25, -0.2) is 4.79 Å². The number of nitrogens with one attached hydrogen (secondary N) is 1. The molecule has 0 spiro atoms. The number of aliphatic hydroxyl groups is 1. The van der Waals surface area contributed by atoms with Gasteiger partial charge in [0.1, 0.15) is 28.6 Å². The first-order valence-electron chi connectivity index (χ1n) is 12.7. The van der Waals surface area contributed by atoms with Gasteiger partial charge in [0, 0.05) is 33.4 Å². The number of halogens is 1. The van der Waals surface area contributed by atoms with Crippen molar-refractivity contribution in [1.29, 1.82) is 0 Å². The van der Waals surface area contributed by atoms with Crippen molar-refractivity contribution in [2.45, 2.75) is 82.0 Å². The molecular weight excluding hydrogens is 512 g/mol. The largest absolute Gasteiger partial charge is 0.495 e. The maximum atomic E-state index is 13.2. The Kier molecular flexibility index (Phi) is 7.87. The predicted octanol–water partition coefficient (Wildman–Crippen LogP) is 4.29. The molecule has 0 unspecified atom stereocenters. The molecule has 5 atom stereocenters. The third-order valence-electron chi connectivity index (χ3n) is 7.73. The van der Waals surface area contributed by atoms with Gasteiger partial charge >= 0.3 is 6.09 Å². The zero-order chi connectivity index (χ0) is 27.9. The summed E-state index contributed by atoms with van der Waals surface area (Å²) in [6, 6.07) is 3.75. The number of amides is 2. The molecular formula is C28H37ClN2O7. The number of allylic oxidation sites excluding steroid dienone is 3. The molecule has 0 radical (unpaired) electrons. The third-order valence-corrected chi connectivity index (χ3v) is 8.11. The van der Waals surface area contributed by atoms with Crippen LogP contribution in [0.3, 0.4) is 0 Å². The third kappa shape index (κ3) is 5.57. The Morgan fingerprint density at radius 2 is 1.95 bits per heavy atom. The average Bonchev–Trinajstić information content (AvgIpc) is 2.83. The lowest BCUT2D eigenvalue weighted by Gasteiger charge is -2.57. The zero-order valence-corrected chi connectivity index (χ0v) is 23.6. The van der Waals surface area contributed by atoms with E-state index in [4.69, 9.17) is 30.5 Å². The summed E-state index contributed by atoms with van der Waals surface area (Å²) in [5.41, 5.74) is -0.589. The van der Waals surface area contributed by atoms with Crippen molar-refractivity contribution in [1.82, 2.24) is 5.32 Å². The van der Waals surface area contributed by atoms with Gasteiger partial charge in [-0.15, -0.1) is 0 Å². The van der Waals surface area contributed by atoms with Gasteiger partial charge in [0.15, 0.2) is 5.72 Å². The number of hydrogen-bond donors (Lipinski definition) is 2. The van der Waals surface area contributed by atoms with Crippen LogP contribution in [0.2, 0.25) is 5.02 Å². The topological polar surface area (TPSA) is 107 Å². The molecule has 0 aliphatic carbocycles. The Bertz CT molecular complexity index is 1160.